The molecular weight excluding hydrogens is 214 g/mol. The molecule has 0 aliphatic heterocycles. The monoisotopic (exact) mass is 231 g/mol. The van der Waals surface area contributed by atoms with E-state index in [-0.39, 0.29) is 0 Å². The summed E-state index contributed by atoms with van der Waals surface area (Å²) in [5.74, 6) is 1.57. The van der Waals surface area contributed by atoms with E-state index in [0.29, 0.717) is 6.42 Å². The number of hydrogen-bond donors (Lipinski definition) is 1. The normalized spacial score (nSPS) is 12.7. The van der Waals surface area contributed by atoms with E-state index in [2.05, 4.69) is 10.1 Å². The molecule has 1 aromatic heterocycles. The predicted molar refractivity (Wildman–Crippen MR) is 66.1 cm³/mol. The molecule has 0 spiro atoms. The van der Waals surface area contributed by atoms with Crippen molar-refractivity contribution in [2.24, 2.45) is 0 Å². The average molecular weight is 231 g/mol. The minimum atomic E-state index is -0.463. The minimum absolute atomic E-state index is 0.463. The van der Waals surface area contributed by atoms with Gasteiger partial charge in [-0.05, 0) is 26.3 Å². The summed E-state index contributed by atoms with van der Waals surface area (Å²) in [6.45, 7) is 5.73. The molecule has 0 aliphatic carbocycles. The fraction of sp³-hybridized carbons (Fsp3) is 0.385. The van der Waals surface area contributed by atoms with E-state index >= 15 is 0 Å². The zero-order chi connectivity index (χ0) is 12.4. The van der Waals surface area contributed by atoms with Crippen molar-refractivity contribution >= 4 is 0 Å². The Labute approximate surface area is 101 Å². The highest BCUT2D eigenvalue weighted by Gasteiger charge is 2.14. The molecule has 1 heterocycles. The highest BCUT2D eigenvalue weighted by Crippen LogP contribution is 2.24. The van der Waals surface area contributed by atoms with Crippen LogP contribution in [0.3, 0.4) is 0 Å². The van der Waals surface area contributed by atoms with Gasteiger partial charge in [-0.2, -0.15) is 5.10 Å². The van der Waals surface area contributed by atoms with E-state index in [1.54, 1.807) is 4.68 Å². The fourth-order valence-electron chi connectivity index (χ4n) is 1.93. The summed E-state index contributed by atoms with van der Waals surface area (Å²) in [5, 5.41) is 14.4. The second-order valence-electron chi connectivity index (χ2n) is 4.10. The van der Waals surface area contributed by atoms with Crippen LogP contribution in [0.4, 0.5) is 0 Å². The van der Waals surface area contributed by atoms with Gasteiger partial charge in [-0.15, -0.1) is 0 Å². The van der Waals surface area contributed by atoms with E-state index in [4.69, 9.17) is 0 Å². The standard InChI is InChI=1S/C13H17N3O/c1-4-13(17)11-7-5-6-8-12(11)16-10(3)14-9(2)15-16/h5-8,13,17H,4H2,1-3H3/t13-/m1/s1. The van der Waals surface area contributed by atoms with Crippen LogP contribution in [0.25, 0.3) is 5.69 Å². The van der Waals surface area contributed by atoms with Gasteiger partial charge in [0.2, 0.25) is 0 Å². The molecule has 0 radical (unpaired) electrons. The molecule has 1 aromatic carbocycles. The van der Waals surface area contributed by atoms with Crippen LogP contribution in [0, 0.1) is 13.8 Å². The number of nitrogens with zero attached hydrogens (tertiary/aromatic N) is 3. The van der Waals surface area contributed by atoms with Crippen molar-refractivity contribution in [3.63, 3.8) is 0 Å². The summed E-state index contributed by atoms with van der Waals surface area (Å²) < 4.78 is 1.78. The van der Waals surface area contributed by atoms with Crippen LogP contribution in [-0.4, -0.2) is 19.9 Å². The largest absolute Gasteiger partial charge is 0.388 e. The molecule has 0 fully saturated rings. The van der Waals surface area contributed by atoms with Gasteiger partial charge < -0.3 is 5.11 Å². The minimum Gasteiger partial charge on any atom is -0.388 e. The number of benzene rings is 1. The maximum absolute atomic E-state index is 10.0. The molecule has 4 heteroatoms. The van der Waals surface area contributed by atoms with Gasteiger partial charge in [-0.1, -0.05) is 25.1 Å². The van der Waals surface area contributed by atoms with Gasteiger partial charge in [0.1, 0.15) is 11.6 Å². The van der Waals surface area contributed by atoms with Crippen molar-refractivity contribution in [1.82, 2.24) is 14.8 Å². The van der Waals surface area contributed by atoms with Crippen LogP contribution in [-0.2, 0) is 0 Å². The first-order valence-corrected chi connectivity index (χ1v) is 5.81. The van der Waals surface area contributed by atoms with E-state index in [1.165, 1.54) is 0 Å². The van der Waals surface area contributed by atoms with Crippen molar-refractivity contribution in [2.45, 2.75) is 33.3 Å². The summed E-state index contributed by atoms with van der Waals surface area (Å²) >= 11 is 0. The van der Waals surface area contributed by atoms with E-state index in [1.807, 2.05) is 45.0 Å². The molecule has 1 N–H and O–H groups in total. The van der Waals surface area contributed by atoms with Gasteiger partial charge in [0.05, 0.1) is 11.8 Å². The second kappa shape index (κ2) is 4.67. The zero-order valence-corrected chi connectivity index (χ0v) is 10.4. The number of aryl methyl sites for hydroxylation is 2. The Morgan fingerprint density at radius 1 is 1.29 bits per heavy atom. The van der Waals surface area contributed by atoms with Gasteiger partial charge in [-0.25, -0.2) is 9.67 Å². The number of aliphatic hydroxyl groups is 1. The third-order valence-corrected chi connectivity index (χ3v) is 2.79. The zero-order valence-electron chi connectivity index (χ0n) is 10.4. The van der Waals surface area contributed by atoms with Crippen LogP contribution >= 0.6 is 0 Å². The molecule has 0 saturated heterocycles. The molecule has 0 amide bonds. The van der Waals surface area contributed by atoms with Crippen LogP contribution in [0.15, 0.2) is 24.3 Å². The van der Waals surface area contributed by atoms with Gasteiger partial charge in [0.15, 0.2) is 0 Å². The number of rotatable bonds is 3. The number of aliphatic hydroxyl groups excluding tert-OH is 1. The van der Waals surface area contributed by atoms with Crippen LogP contribution in [0.2, 0.25) is 0 Å². The highest BCUT2D eigenvalue weighted by molar-refractivity contribution is 5.42. The Balaban J connectivity index is 2.55. The summed E-state index contributed by atoms with van der Waals surface area (Å²) in [4.78, 5) is 4.28. The van der Waals surface area contributed by atoms with Crippen molar-refractivity contribution in [3.8, 4) is 5.69 Å². The molecule has 90 valence electrons. The molecule has 0 aliphatic rings. The Morgan fingerprint density at radius 3 is 2.59 bits per heavy atom. The van der Waals surface area contributed by atoms with Gasteiger partial charge >= 0.3 is 0 Å². The summed E-state index contributed by atoms with van der Waals surface area (Å²) in [5.41, 5.74) is 1.79. The quantitative estimate of drug-likeness (QED) is 0.882. The van der Waals surface area contributed by atoms with Crippen molar-refractivity contribution in [1.29, 1.82) is 0 Å². The number of hydrogen-bond acceptors (Lipinski definition) is 3. The van der Waals surface area contributed by atoms with E-state index < -0.39 is 6.10 Å². The molecule has 1 atom stereocenters. The van der Waals surface area contributed by atoms with E-state index in [9.17, 15) is 5.11 Å². The maximum atomic E-state index is 10.0. The molecule has 17 heavy (non-hydrogen) atoms. The third kappa shape index (κ3) is 2.22. The number of aromatic nitrogens is 3. The summed E-state index contributed by atoms with van der Waals surface area (Å²) in [6.07, 6.45) is 0.221. The first-order valence-electron chi connectivity index (χ1n) is 5.81. The predicted octanol–water partition coefficient (Wildman–Crippen LogP) is 2.33. The molecule has 2 rings (SSSR count). The first kappa shape index (κ1) is 11.8. The molecule has 0 unspecified atom stereocenters. The van der Waals surface area contributed by atoms with Crippen LogP contribution < -0.4 is 0 Å². The lowest BCUT2D eigenvalue weighted by atomic mass is 10.1. The lowest BCUT2D eigenvalue weighted by molar-refractivity contribution is 0.173. The lowest BCUT2D eigenvalue weighted by Crippen LogP contribution is -2.06. The maximum Gasteiger partial charge on any atom is 0.148 e. The number of para-hydroxylation sites is 1. The molecular formula is C13H17N3O. The molecule has 0 bridgehead atoms. The van der Waals surface area contributed by atoms with Crippen LogP contribution in [0.5, 0.6) is 0 Å². The van der Waals surface area contributed by atoms with Crippen LogP contribution in [0.1, 0.15) is 36.7 Å². The van der Waals surface area contributed by atoms with Gasteiger partial charge in [0, 0.05) is 5.56 Å². The summed E-state index contributed by atoms with van der Waals surface area (Å²) in [7, 11) is 0. The summed E-state index contributed by atoms with van der Waals surface area (Å²) in [6, 6.07) is 7.75. The molecule has 2 aromatic rings. The lowest BCUT2D eigenvalue weighted by Gasteiger charge is -2.14. The van der Waals surface area contributed by atoms with Gasteiger partial charge in [0.25, 0.3) is 0 Å². The average Bonchev–Trinajstić information content (AvgIpc) is 2.67. The van der Waals surface area contributed by atoms with Gasteiger partial charge in [-0.3, -0.25) is 0 Å². The Kier molecular flexibility index (Phi) is 3.24. The van der Waals surface area contributed by atoms with Crippen molar-refractivity contribution in [2.75, 3.05) is 0 Å². The molecule has 4 nitrogen and oxygen atoms in total. The molecule has 0 saturated carbocycles. The Morgan fingerprint density at radius 2 is 2.00 bits per heavy atom. The van der Waals surface area contributed by atoms with Crippen molar-refractivity contribution < 1.29 is 5.11 Å². The smallest absolute Gasteiger partial charge is 0.148 e. The van der Waals surface area contributed by atoms with E-state index in [0.717, 1.165) is 22.9 Å². The van der Waals surface area contributed by atoms with Crippen molar-refractivity contribution in [3.05, 3.63) is 41.5 Å². The highest BCUT2D eigenvalue weighted by atomic mass is 16.3. The first-order chi connectivity index (χ1) is 8.13. The second-order valence-corrected chi connectivity index (χ2v) is 4.10. The fourth-order valence-corrected chi connectivity index (χ4v) is 1.93. The topological polar surface area (TPSA) is 50.9 Å². The SMILES string of the molecule is CC[C@@H](O)c1ccccc1-n1nc(C)nc1C. The Hall–Kier alpha value is -1.68. The Bertz CT molecular complexity index is 519. The third-order valence-electron chi connectivity index (χ3n) is 2.79.